The molecule has 0 aliphatic heterocycles. The van der Waals surface area contributed by atoms with Gasteiger partial charge in [0.05, 0.1) is 18.7 Å². The largest absolute Gasteiger partial charge is 0.492 e. The Balaban J connectivity index is 1.75. The molecule has 0 radical (unpaired) electrons. The fourth-order valence-corrected chi connectivity index (χ4v) is 2.31. The van der Waals surface area contributed by atoms with Crippen LogP contribution in [0.25, 0.3) is 11.1 Å². The summed E-state index contributed by atoms with van der Waals surface area (Å²) in [6.45, 7) is 2.71. The second kappa shape index (κ2) is 6.07. The molecule has 0 saturated heterocycles. The van der Waals surface area contributed by atoms with Gasteiger partial charge in [-0.15, -0.1) is 0 Å². The first kappa shape index (κ1) is 14.4. The normalized spacial score (nSPS) is 11.0. The predicted octanol–water partition coefficient (Wildman–Crippen LogP) is 2.47. The summed E-state index contributed by atoms with van der Waals surface area (Å²) in [5, 5.41) is 9.11. The van der Waals surface area contributed by atoms with Gasteiger partial charge in [-0.25, -0.2) is 4.79 Å². The minimum Gasteiger partial charge on any atom is -0.492 e. The molecule has 3 rings (SSSR count). The molecule has 0 bridgehead atoms. The van der Waals surface area contributed by atoms with Crippen LogP contribution in [0, 0.1) is 6.92 Å². The molecule has 2 aromatic carbocycles. The molecule has 0 saturated carbocycles. The predicted molar refractivity (Wildman–Crippen MR) is 83.1 cm³/mol. The van der Waals surface area contributed by atoms with Crippen LogP contribution in [-0.4, -0.2) is 16.3 Å². The molecule has 0 unspecified atom stereocenters. The molecule has 0 fully saturated rings. The van der Waals surface area contributed by atoms with Crippen LogP contribution in [0.4, 0.5) is 0 Å². The zero-order chi connectivity index (χ0) is 15.5. The van der Waals surface area contributed by atoms with Crippen LogP contribution >= 0.6 is 0 Å². The Bertz CT molecular complexity index is 830. The number of nitrogens with zero attached hydrogens (tertiary/aromatic N) is 1. The molecule has 0 amide bonds. The van der Waals surface area contributed by atoms with E-state index in [0.717, 1.165) is 5.75 Å². The van der Waals surface area contributed by atoms with E-state index < -0.39 is 5.76 Å². The van der Waals surface area contributed by atoms with E-state index in [4.69, 9.17) is 14.3 Å². The highest BCUT2D eigenvalue weighted by Gasteiger charge is 2.09. The second-order valence-corrected chi connectivity index (χ2v) is 5.14. The molecular weight excluding hydrogens is 282 g/mol. The lowest BCUT2D eigenvalue weighted by atomic mass is 10.2. The summed E-state index contributed by atoms with van der Waals surface area (Å²) in [5.41, 5.74) is 3.06. The number of hydrogen-bond donors (Lipinski definition) is 1. The monoisotopic (exact) mass is 299 g/mol. The summed E-state index contributed by atoms with van der Waals surface area (Å²) < 4.78 is 12.4. The zero-order valence-corrected chi connectivity index (χ0v) is 12.3. The third kappa shape index (κ3) is 2.89. The molecule has 22 heavy (non-hydrogen) atoms. The lowest BCUT2D eigenvalue weighted by molar-refractivity contribution is 0.282. The Morgan fingerprint density at radius 1 is 1.18 bits per heavy atom. The van der Waals surface area contributed by atoms with E-state index in [9.17, 15) is 4.79 Å². The number of oxazole rings is 1. The molecule has 0 spiro atoms. The summed E-state index contributed by atoms with van der Waals surface area (Å²) in [6.07, 6.45) is 0. The van der Waals surface area contributed by atoms with Gasteiger partial charge in [0, 0.05) is 0 Å². The number of benzene rings is 2. The minimum atomic E-state index is -0.419. The van der Waals surface area contributed by atoms with E-state index in [-0.39, 0.29) is 6.61 Å². The average molecular weight is 299 g/mol. The smallest absolute Gasteiger partial charge is 0.420 e. The van der Waals surface area contributed by atoms with E-state index in [0.29, 0.717) is 29.8 Å². The maximum Gasteiger partial charge on any atom is 0.420 e. The maximum atomic E-state index is 11.9. The van der Waals surface area contributed by atoms with Crippen LogP contribution < -0.4 is 10.5 Å². The molecule has 5 heteroatoms. The highest BCUT2D eigenvalue weighted by molar-refractivity contribution is 5.73. The number of fused-ring (bicyclic) bond motifs is 1. The van der Waals surface area contributed by atoms with Crippen molar-refractivity contribution in [3.8, 4) is 5.75 Å². The number of aromatic nitrogens is 1. The van der Waals surface area contributed by atoms with Gasteiger partial charge in [-0.3, -0.25) is 4.57 Å². The van der Waals surface area contributed by atoms with Crippen molar-refractivity contribution in [1.29, 1.82) is 0 Å². The number of aliphatic hydroxyl groups is 1. The maximum absolute atomic E-state index is 11.9. The van der Waals surface area contributed by atoms with E-state index >= 15 is 0 Å². The molecule has 0 aliphatic carbocycles. The van der Waals surface area contributed by atoms with Gasteiger partial charge in [0.2, 0.25) is 0 Å². The van der Waals surface area contributed by atoms with Gasteiger partial charge in [0.1, 0.15) is 12.4 Å². The van der Waals surface area contributed by atoms with Crippen LogP contribution in [0.1, 0.15) is 11.1 Å². The Morgan fingerprint density at radius 3 is 2.68 bits per heavy atom. The number of aliphatic hydroxyl groups excluding tert-OH is 1. The van der Waals surface area contributed by atoms with Gasteiger partial charge < -0.3 is 14.3 Å². The summed E-state index contributed by atoms with van der Waals surface area (Å²) in [7, 11) is 0. The lowest BCUT2D eigenvalue weighted by Gasteiger charge is -2.07. The van der Waals surface area contributed by atoms with Crippen molar-refractivity contribution in [3.63, 3.8) is 0 Å². The van der Waals surface area contributed by atoms with Crippen molar-refractivity contribution in [1.82, 2.24) is 4.57 Å². The van der Waals surface area contributed by atoms with Gasteiger partial charge in [0.25, 0.3) is 0 Å². The quantitative estimate of drug-likeness (QED) is 0.786. The van der Waals surface area contributed by atoms with Crippen molar-refractivity contribution in [2.75, 3.05) is 6.61 Å². The number of rotatable bonds is 5. The zero-order valence-electron chi connectivity index (χ0n) is 12.3. The molecule has 1 heterocycles. The van der Waals surface area contributed by atoms with Crippen molar-refractivity contribution < 1.29 is 14.3 Å². The highest BCUT2D eigenvalue weighted by atomic mass is 16.5. The molecule has 114 valence electrons. The standard InChI is InChI=1S/C17H17NO4/c1-12-2-5-14(6-3-12)21-9-8-18-15-7-4-13(11-19)10-16(15)22-17(18)20/h2-7,10,19H,8-9,11H2,1H3. The lowest BCUT2D eigenvalue weighted by Crippen LogP contribution is -2.18. The average Bonchev–Trinajstić information content (AvgIpc) is 2.84. The van der Waals surface area contributed by atoms with Crippen molar-refractivity contribution >= 4 is 11.1 Å². The van der Waals surface area contributed by atoms with E-state index in [1.165, 1.54) is 10.1 Å². The number of aryl methyl sites for hydroxylation is 1. The molecule has 1 N–H and O–H groups in total. The minimum absolute atomic E-state index is 0.0820. The fraction of sp³-hybridized carbons (Fsp3) is 0.235. The van der Waals surface area contributed by atoms with E-state index in [1.807, 2.05) is 31.2 Å². The van der Waals surface area contributed by atoms with E-state index in [2.05, 4.69) is 0 Å². The third-order valence-corrected chi connectivity index (χ3v) is 3.52. The summed E-state index contributed by atoms with van der Waals surface area (Å²) in [4.78, 5) is 11.9. The Labute approximate surface area is 127 Å². The fourth-order valence-electron chi connectivity index (χ4n) is 2.31. The van der Waals surface area contributed by atoms with Crippen molar-refractivity contribution in [2.45, 2.75) is 20.1 Å². The molecule has 3 aromatic rings. The van der Waals surface area contributed by atoms with Gasteiger partial charge in [-0.1, -0.05) is 23.8 Å². The SMILES string of the molecule is Cc1ccc(OCCn2c(=O)oc3cc(CO)ccc32)cc1. The number of ether oxygens (including phenoxy) is 1. The summed E-state index contributed by atoms with van der Waals surface area (Å²) >= 11 is 0. The molecular formula is C17H17NO4. The first-order valence-corrected chi connectivity index (χ1v) is 7.10. The van der Waals surface area contributed by atoms with Gasteiger partial charge in [0.15, 0.2) is 5.58 Å². The highest BCUT2D eigenvalue weighted by Crippen LogP contribution is 2.16. The van der Waals surface area contributed by atoms with Crippen LogP contribution in [0.15, 0.2) is 51.7 Å². The number of hydrogen-bond acceptors (Lipinski definition) is 4. The second-order valence-electron chi connectivity index (χ2n) is 5.14. The molecule has 1 aromatic heterocycles. The van der Waals surface area contributed by atoms with Crippen LogP contribution in [0.5, 0.6) is 5.75 Å². The first-order chi connectivity index (χ1) is 10.7. The topological polar surface area (TPSA) is 64.6 Å². The van der Waals surface area contributed by atoms with Crippen molar-refractivity contribution in [2.24, 2.45) is 0 Å². The van der Waals surface area contributed by atoms with Crippen LogP contribution in [-0.2, 0) is 13.2 Å². The Morgan fingerprint density at radius 2 is 1.95 bits per heavy atom. The Kier molecular flexibility index (Phi) is 3.98. The summed E-state index contributed by atoms with van der Waals surface area (Å²) in [6, 6.07) is 13.0. The van der Waals surface area contributed by atoms with Gasteiger partial charge in [-0.05, 0) is 36.8 Å². The third-order valence-electron chi connectivity index (χ3n) is 3.52. The molecule has 0 atom stereocenters. The summed E-state index contributed by atoms with van der Waals surface area (Å²) in [5.74, 6) is 0.353. The van der Waals surface area contributed by atoms with E-state index in [1.54, 1.807) is 18.2 Å². The Hall–Kier alpha value is -2.53. The molecule has 5 nitrogen and oxygen atoms in total. The van der Waals surface area contributed by atoms with Crippen LogP contribution in [0.2, 0.25) is 0 Å². The first-order valence-electron chi connectivity index (χ1n) is 7.10. The van der Waals surface area contributed by atoms with Crippen molar-refractivity contribution in [3.05, 3.63) is 64.1 Å². The van der Waals surface area contributed by atoms with Gasteiger partial charge >= 0.3 is 5.76 Å². The van der Waals surface area contributed by atoms with Crippen LogP contribution in [0.3, 0.4) is 0 Å². The molecule has 0 aliphatic rings. The van der Waals surface area contributed by atoms with Gasteiger partial charge in [-0.2, -0.15) is 0 Å².